The first-order valence-corrected chi connectivity index (χ1v) is 4.38. The van der Waals surface area contributed by atoms with Gasteiger partial charge in [-0.2, -0.15) is 0 Å². The molecule has 5 nitrogen and oxygen atoms in total. The van der Waals surface area contributed by atoms with Gasteiger partial charge in [0.05, 0.1) is 24.8 Å². The maximum absolute atomic E-state index is 10.8. The first-order chi connectivity index (χ1) is 6.47. The Labute approximate surface area is 82.6 Å². The third-order valence-electron chi connectivity index (χ3n) is 2.14. The summed E-state index contributed by atoms with van der Waals surface area (Å²) in [7, 11) is 0. The number of amides is 1. The monoisotopic (exact) mass is 197 g/mol. The fraction of sp³-hybridized carbons (Fsp3) is 0.556. The maximum atomic E-state index is 10.8. The Balaban J connectivity index is 2.96. The van der Waals surface area contributed by atoms with Crippen molar-refractivity contribution in [2.75, 3.05) is 0 Å². The second-order valence-electron chi connectivity index (χ2n) is 3.87. The number of nitrogens with two attached hydrogens (primary N) is 1. The summed E-state index contributed by atoms with van der Waals surface area (Å²) in [4.78, 5) is 14.8. The Morgan fingerprint density at radius 2 is 2.36 bits per heavy atom. The van der Waals surface area contributed by atoms with Gasteiger partial charge in [-0.05, 0) is 13.8 Å². The molecule has 1 rings (SSSR count). The molecule has 14 heavy (non-hydrogen) atoms. The van der Waals surface area contributed by atoms with Crippen molar-refractivity contribution in [1.82, 2.24) is 9.55 Å². The van der Waals surface area contributed by atoms with Gasteiger partial charge in [-0.25, -0.2) is 4.98 Å². The molecular weight excluding hydrogens is 182 g/mol. The molecule has 0 aliphatic carbocycles. The van der Waals surface area contributed by atoms with E-state index in [0.717, 1.165) is 0 Å². The van der Waals surface area contributed by atoms with E-state index in [1.165, 1.54) is 0 Å². The highest BCUT2D eigenvalue weighted by atomic mass is 16.3. The molecule has 78 valence electrons. The largest absolute Gasteiger partial charge is 0.390 e. The first kappa shape index (κ1) is 10.7. The van der Waals surface area contributed by atoms with E-state index in [-0.39, 0.29) is 18.9 Å². The van der Waals surface area contributed by atoms with E-state index in [2.05, 4.69) is 4.98 Å². The quantitative estimate of drug-likeness (QED) is 0.712. The topological polar surface area (TPSA) is 81.1 Å². The summed E-state index contributed by atoms with van der Waals surface area (Å²) in [6, 6.07) is 0. The molecule has 0 aliphatic heterocycles. The number of aliphatic hydroxyl groups is 1. The smallest absolute Gasteiger partial charge is 0.219 e. The lowest BCUT2D eigenvalue weighted by atomic mass is 10.00. The van der Waals surface area contributed by atoms with E-state index >= 15 is 0 Å². The Hall–Kier alpha value is -1.36. The zero-order valence-corrected chi connectivity index (χ0v) is 8.40. The molecule has 5 heteroatoms. The third kappa shape index (κ3) is 2.11. The van der Waals surface area contributed by atoms with Crippen LogP contribution in [0.15, 0.2) is 12.5 Å². The van der Waals surface area contributed by atoms with Gasteiger partial charge >= 0.3 is 0 Å². The van der Waals surface area contributed by atoms with Crippen LogP contribution in [0.4, 0.5) is 0 Å². The molecule has 0 saturated heterocycles. The summed E-state index contributed by atoms with van der Waals surface area (Å²) >= 11 is 0. The van der Waals surface area contributed by atoms with Crippen molar-refractivity contribution >= 4 is 5.91 Å². The fourth-order valence-corrected chi connectivity index (χ4v) is 1.50. The molecule has 1 aromatic rings. The van der Waals surface area contributed by atoms with Crippen LogP contribution in [0.3, 0.4) is 0 Å². The molecule has 0 atom stereocenters. The van der Waals surface area contributed by atoms with Gasteiger partial charge in [0.25, 0.3) is 0 Å². The summed E-state index contributed by atoms with van der Waals surface area (Å²) in [5.74, 6) is -0.368. The minimum absolute atomic E-state index is 0.0950. The summed E-state index contributed by atoms with van der Waals surface area (Å²) < 4.78 is 1.76. The molecule has 1 heterocycles. The Morgan fingerprint density at radius 1 is 1.71 bits per heavy atom. The van der Waals surface area contributed by atoms with Crippen molar-refractivity contribution in [3.05, 3.63) is 18.2 Å². The number of primary amides is 1. The summed E-state index contributed by atoms with van der Waals surface area (Å²) in [5, 5.41) is 9.03. The molecule has 0 bridgehead atoms. The number of hydrogen-bond donors (Lipinski definition) is 2. The number of rotatable bonds is 4. The second-order valence-corrected chi connectivity index (χ2v) is 3.87. The van der Waals surface area contributed by atoms with E-state index in [9.17, 15) is 4.79 Å². The molecule has 0 aromatic carbocycles. The fourth-order valence-electron chi connectivity index (χ4n) is 1.50. The molecule has 0 aliphatic rings. The van der Waals surface area contributed by atoms with E-state index in [1.54, 1.807) is 17.1 Å². The molecule has 0 spiro atoms. The number of aliphatic hydroxyl groups excluding tert-OH is 1. The van der Waals surface area contributed by atoms with Crippen molar-refractivity contribution in [2.45, 2.75) is 32.4 Å². The van der Waals surface area contributed by atoms with Gasteiger partial charge in [-0.3, -0.25) is 4.79 Å². The lowest BCUT2D eigenvalue weighted by molar-refractivity contribution is -0.119. The predicted molar refractivity (Wildman–Crippen MR) is 51.3 cm³/mol. The van der Waals surface area contributed by atoms with Gasteiger partial charge in [0.2, 0.25) is 5.91 Å². The van der Waals surface area contributed by atoms with Crippen LogP contribution in [-0.4, -0.2) is 20.6 Å². The van der Waals surface area contributed by atoms with Crippen LogP contribution in [0.1, 0.15) is 26.0 Å². The summed E-state index contributed by atoms with van der Waals surface area (Å²) in [6.07, 6.45) is 3.38. The highest BCUT2D eigenvalue weighted by Gasteiger charge is 2.24. The molecular formula is C9H15N3O2. The van der Waals surface area contributed by atoms with Gasteiger partial charge in [-0.15, -0.1) is 0 Å². The van der Waals surface area contributed by atoms with E-state index in [0.29, 0.717) is 5.69 Å². The van der Waals surface area contributed by atoms with Crippen molar-refractivity contribution in [3.63, 3.8) is 0 Å². The number of imidazole rings is 1. The number of carbonyl (C=O) groups excluding carboxylic acids is 1. The predicted octanol–water partition coefficient (Wildman–Crippen LogP) is -0.0141. The Bertz CT molecular complexity index is 331. The highest BCUT2D eigenvalue weighted by Crippen LogP contribution is 2.21. The Kier molecular flexibility index (Phi) is 2.90. The van der Waals surface area contributed by atoms with Gasteiger partial charge in [-0.1, -0.05) is 0 Å². The normalized spacial score (nSPS) is 11.6. The number of aromatic nitrogens is 2. The van der Waals surface area contributed by atoms with Crippen molar-refractivity contribution < 1.29 is 9.90 Å². The van der Waals surface area contributed by atoms with Crippen LogP contribution in [0.2, 0.25) is 0 Å². The Morgan fingerprint density at radius 3 is 2.86 bits per heavy atom. The molecule has 1 amide bonds. The minimum atomic E-state index is -0.444. The van der Waals surface area contributed by atoms with E-state index in [4.69, 9.17) is 10.8 Å². The third-order valence-corrected chi connectivity index (χ3v) is 2.14. The number of nitrogens with zero attached hydrogens (tertiary/aromatic N) is 2. The number of hydrogen-bond acceptors (Lipinski definition) is 3. The van der Waals surface area contributed by atoms with Gasteiger partial charge in [0, 0.05) is 12.0 Å². The van der Waals surface area contributed by atoms with Gasteiger partial charge in [0.15, 0.2) is 0 Å². The lowest BCUT2D eigenvalue weighted by Gasteiger charge is -2.26. The van der Waals surface area contributed by atoms with Crippen LogP contribution in [-0.2, 0) is 16.9 Å². The molecule has 0 saturated carbocycles. The molecule has 0 unspecified atom stereocenters. The van der Waals surface area contributed by atoms with Crippen LogP contribution >= 0.6 is 0 Å². The van der Waals surface area contributed by atoms with Crippen molar-refractivity contribution in [1.29, 1.82) is 0 Å². The molecule has 3 N–H and O–H groups in total. The van der Waals surface area contributed by atoms with Crippen molar-refractivity contribution in [3.8, 4) is 0 Å². The minimum Gasteiger partial charge on any atom is -0.390 e. The number of carbonyl (C=O) groups is 1. The zero-order chi connectivity index (χ0) is 10.8. The maximum Gasteiger partial charge on any atom is 0.219 e. The molecule has 0 fully saturated rings. The second kappa shape index (κ2) is 3.79. The average Bonchev–Trinajstić information content (AvgIpc) is 2.48. The van der Waals surface area contributed by atoms with E-state index in [1.807, 2.05) is 13.8 Å². The van der Waals surface area contributed by atoms with Crippen LogP contribution in [0, 0.1) is 0 Å². The zero-order valence-electron chi connectivity index (χ0n) is 8.40. The summed E-state index contributed by atoms with van der Waals surface area (Å²) in [6.45, 7) is 3.65. The molecule has 0 radical (unpaired) electrons. The van der Waals surface area contributed by atoms with Crippen LogP contribution in [0.5, 0.6) is 0 Å². The van der Waals surface area contributed by atoms with Crippen LogP contribution < -0.4 is 5.73 Å². The van der Waals surface area contributed by atoms with Crippen molar-refractivity contribution in [2.24, 2.45) is 5.73 Å². The van der Waals surface area contributed by atoms with E-state index < -0.39 is 5.54 Å². The van der Waals surface area contributed by atoms with Gasteiger partial charge in [0.1, 0.15) is 0 Å². The van der Waals surface area contributed by atoms with Gasteiger partial charge < -0.3 is 15.4 Å². The molecule has 1 aromatic heterocycles. The SMILES string of the molecule is CC(C)(CC(N)=O)n1cncc1CO. The standard InChI is InChI=1S/C9H15N3O2/c1-9(2,3-8(10)14)12-6-11-4-7(12)5-13/h4,6,13H,3,5H2,1-2H3,(H2,10,14). The highest BCUT2D eigenvalue weighted by molar-refractivity contribution is 5.74. The van der Waals surface area contributed by atoms with Crippen LogP contribution in [0.25, 0.3) is 0 Å². The first-order valence-electron chi connectivity index (χ1n) is 4.38. The summed E-state index contributed by atoms with van der Waals surface area (Å²) in [5.41, 5.74) is 5.37. The lowest BCUT2D eigenvalue weighted by Crippen LogP contribution is -2.32. The average molecular weight is 197 g/mol.